The van der Waals surface area contributed by atoms with Gasteiger partial charge in [0.25, 0.3) is 0 Å². The van der Waals surface area contributed by atoms with Gasteiger partial charge in [-0.15, -0.1) is 0 Å². The van der Waals surface area contributed by atoms with E-state index in [1.165, 1.54) is 0 Å². The number of nitrogens with one attached hydrogen (secondary N) is 1. The van der Waals surface area contributed by atoms with E-state index in [0.717, 1.165) is 0 Å². The van der Waals surface area contributed by atoms with Gasteiger partial charge in [-0.2, -0.15) is 0 Å². The van der Waals surface area contributed by atoms with Gasteiger partial charge in [-0.25, -0.2) is 0 Å². The lowest BCUT2D eigenvalue weighted by Crippen LogP contribution is -2.74. The van der Waals surface area contributed by atoms with E-state index in [2.05, 4.69) is 5.32 Å². The fourth-order valence-corrected chi connectivity index (χ4v) is 2.72. The summed E-state index contributed by atoms with van der Waals surface area (Å²) in [4.78, 5) is 12.4. The van der Waals surface area contributed by atoms with Gasteiger partial charge in [-0.05, 0) is 31.2 Å². The number of halogens is 1. The van der Waals surface area contributed by atoms with E-state index in [1.54, 1.807) is 24.3 Å². The molecule has 2 unspecified atom stereocenters. The van der Waals surface area contributed by atoms with Crippen LogP contribution in [0.25, 0.3) is 0 Å². The molecule has 0 spiro atoms. The molecule has 1 aromatic rings. The summed E-state index contributed by atoms with van der Waals surface area (Å²) in [5.41, 5.74) is 5.70. The highest BCUT2D eigenvalue weighted by molar-refractivity contribution is 6.30. The van der Waals surface area contributed by atoms with E-state index >= 15 is 0 Å². The summed E-state index contributed by atoms with van der Waals surface area (Å²) in [5, 5.41) is 3.48. The number of hydrogen-bond acceptors (Lipinski definition) is 3. The molecule has 110 valence electrons. The lowest BCUT2D eigenvalue weighted by molar-refractivity contribution is -0.166. The predicted molar refractivity (Wildman–Crippen MR) is 80.8 cm³/mol. The monoisotopic (exact) mass is 296 g/mol. The number of carbonyl (C=O) groups excluding carboxylic acids is 1. The van der Waals surface area contributed by atoms with Gasteiger partial charge in [0, 0.05) is 29.2 Å². The minimum atomic E-state index is -0.910. The van der Waals surface area contributed by atoms with Crippen molar-refractivity contribution in [2.24, 2.45) is 11.1 Å². The molecule has 0 bridgehead atoms. The third kappa shape index (κ3) is 2.43. The second-order valence-electron chi connectivity index (χ2n) is 5.80. The number of carbonyl (C=O) groups is 1. The standard InChI is InChI=1S/C15H21ClN2O2/c1-4-20-12-9-15(17,14(12,2)3)13(19)18-11-7-5-10(16)6-8-11/h5-8,12H,4,9,17H2,1-3H3,(H,18,19). The van der Waals surface area contributed by atoms with E-state index in [-0.39, 0.29) is 17.4 Å². The Kier molecular flexibility index (Phi) is 4.09. The van der Waals surface area contributed by atoms with E-state index in [9.17, 15) is 4.79 Å². The maximum atomic E-state index is 12.4. The van der Waals surface area contributed by atoms with Crippen molar-refractivity contribution in [3.05, 3.63) is 29.3 Å². The van der Waals surface area contributed by atoms with Gasteiger partial charge in [0.2, 0.25) is 5.91 Å². The highest BCUT2D eigenvalue weighted by atomic mass is 35.5. The highest BCUT2D eigenvalue weighted by Crippen LogP contribution is 2.50. The smallest absolute Gasteiger partial charge is 0.245 e. The molecule has 1 fully saturated rings. The maximum Gasteiger partial charge on any atom is 0.245 e. The summed E-state index contributed by atoms with van der Waals surface area (Å²) in [7, 11) is 0. The second kappa shape index (κ2) is 5.35. The fraction of sp³-hybridized carbons (Fsp3) is 0.533. The molecule has 20 heavy (non-hydrogen) atoms. The van der Waals surface area contributed by atoms with Crippen molar-refractivity contribution in [3.8, 4) is 0 Å². The van der Waals surface area contributed by atoms with Gasteiger partial charge < -0.3 is 15.8 Å². The Morgan fingerprint density at radius 1 is 1.45 bits per heavy atom. The number of ether oxygens (including phenoxy) is 1. The minimum absolute atomic E-state index is 0.0217. The molecule has 1 aliphatic carbocycles. The Balaban J connectivity index is 2.08. The van der Waals surface area contributed by atoms with Crippen molar-refractivity contribution < 1.29 is 9.53 Å². The van der Waals surface area contributed by atoms with E-state index in [0.29, 0.717) is 23.7 Å². The largest absolute Gasteiger partial charge is 0.378 e. The number of nitrogens with two attached hydrogens (primary N) is 1. The predicted octanol–water partition coefficient (Wildman–Crippen LogP) is 2.81. The molecule has 3 N–H and O–H groups in total. The molecule has 1 aliphatic rings. The normalized spacial score (nSPS) is 27.8. The highest BCUT2D eigenvalue weighted by Gasteiger charge is 2.62. The second-order valence-corrected chi connectivity index (χ2v) is 6.24. The van der Waals surface area contributed by atoms with Gasteiger partial charge in [-0.3, -0.25) is 4.79 Å². The van der Waals surface area contributed by atoms with E-state index in [4.69, 9.17) is 22.1 Å². The Labute approximate surface area is 124 Å². The van der Waals surface area contributed by atoms with Crippen LogP contribution in [0.15, 0.2) is 24.3 Å². The first kappa shape index (κ1) is 15.3. The first-order chi connectivity index (χ1) is 9.31. The molecule has 0 radical (unpaired) electrons. The molecular formula is C15H21ClN2O2. The Hall–Kier alpha value is -1.10. The van der Waals surface area contributed by atoms with Crippen molar-refractivity contribution in [3.63, 3.8) is 0 Å². The van der Waals surface area contributed by atoms with Crippen molar-refractivity contribution in [2.45, 2.75) is 38.8 Å². The van der Waals surface area contributed by atoms with Crippen molar-refractivity contribution >= 4 is 23.2 Å². The molecule has 1 aromatic carbocycles. The van der Waals surface area contributed by atoms with Crippen LogP contribution in [0.2, 0.25) is 5.02 Å². The first-order valence-electron chi connectivity index (χ1n) is 6.79. The molecule has 2 rings (SSSR count). The molecule has 5 heteroatoms. The third-order valence-electron chi connectivity index (χ3n) is 4.34. The minimum Gasteiger partial charge on any atom is -0.378 e. The fourth-order valence-electron chi connectivity index (χ4n) is 2.60. The van der Waals surface area contributed by atoms with Crippen molar-refractivity contribution in [2.75, 3.05) is 11.9 Å². The van der Waals surface area contributed by atoms with Crippen LogP contribution in [0, 0.1) is 5.41 Å². The lowest BCUT2D eigenvalue weighted by atomic mass is 9.54. The van der Waals surface area contributed by atoms with Gasteiger partial charge in [0.1, 0.15) is 5.54 Å². The summed E-state index contributed by atoms with van der Waals surface area (Å²) in [5.74, 6) is -0.180. The molecule has 1 amide bonds. The molecule has 2 atom stereocenters. The molecule has 0 aliphatic heterocycles. The van der Waals surface area contributed by atoms with Gasteiger partial charge >= 0.3 is 0 Å². The zero-order valence-corrected chi connectivity index (χ0v) is 12.8. The van der Waals surface area contributed by atoms with Crippen LogP contribution in [-0.2, 0) is 9.53 Å². The van der Waals surface area contributed by atoms with Gasteiger partial charge in [0.05, 0.1) is 6.10 Å². The molecule has 0 saturated heterocycles. The molecule has 0 aromatic heterocycles. The zero-order chi connectivity index (χ0) is 15.0. The number of amides is 1. The SMILES string of the molecule is CCOC1CC(N)(C(=O)Nc2ccc(Cl)cc2)C1(C)C. The van der Waals surface area contributed by atoms with Crippen LogP contribution in [0.4, 0.5) is 5.69 Å². The Morgan fingerprint density at radius 2 is 2.05 bits per heavy atom. The van der Waals surface area contributed by atoms with Gasteiger partial charge in [-0.1, -0.05) is 25.4 Å². The number of rotatable bonds is 4. The van der Waals surface area contributed by atoms with Crippen LogP contribution >= 0.6 is 11.6 Å². The van der Waals surface area contributed by atoms with Crippen LogP contribution in [0.5, 0.6) is 0 Å². The molecule has 4 nitrogen and oxygen atoms in total. The number of anilines is 1. The summed E-state index contributed by atoms with van der Waals surface area (Å²) < 4.78 is 5.63. The Bertz CT molecular complexity index is 501. The van der Waals surface area contributed by atoms with Crippen LogP contribution < -0.4 is 11.1 Å². The average molecular weight is 297 g/mol. The van der Waals surface area contributed by atoms with Gasteiger partial charge in [0.15, 0.2) is 0 Å². The summed E-state index contributed by atoms with van der Waals surface area (Å²) >= 11 is 5.82. The topological polar surface area (TPSA) is 64.3 Å². The molecule has 1 saturated carbocycles. The average Bonchev–Trinajstić information content (AvgIpc) is 2.40. The molecule has 0 heterocycles. The summed E-state index contributed by atoms with van der Waals surface area (Å²) in [6, 6.07) is 6.98. The van der Waals surface area contributed by atoms with Crippen LogP contribution in [-0.4, -0.2) is 24.2 Å². The van der Waals surface area contributed by atoms with E-state index in [1.807, 2.05) is 20.8 Å². The number of benzene rings is 1. The van der Waals surface area contributed by atoms with E-state index < -0.39 is 5.54 Å². The molecular weight excluding hydrogens is 276 g/mol. The van der Waals surface area contributed by atoms with Crippen LogP contribution in [0.3, 0.4) is 0 Å². The van der Waals surface area contributed by atoms with Crippen LogP contribution in [0.1, 0.15) is 27.2 Å². The summed E-state index contributed by atoms with van der Waals surface area (Å²) in [6.45, 7) is 6.51. The maximum absolute atomic E-state index is 12.4. The Morgan fingerprint density at radius 3 is 2.55 bits per heavy atom. The van der Waals surface area contributed by atoms with Crippen molar-refractivity contribution in [1.29, 1.82) is 0 Å². The third-order valence-corrected chi connectivity index (χ3v) is 4.59. The first-order valence-corrected chi connectivity index (χ1v) is 7.16. The lowest BCUT2D eigenvalue weighted by Gasteiger charge is -2.57. The van der Waals surface area contributed by atoms with Crippen molar-refractivity contribution in [1.82, 2.24) is 0 Å². The number of hydrogen-bond donors (Lipinski definition) is 2. The summed E-state index contributed by atoms with van der Waals surface area (Å²) in [6.07, 6.45) is 0.557. The quantitative estimate of drug-likeness (QED) is 0.898. The zero-order valence-electron chi connectivity index (χ0n) is 12.1.